The van der Waals surface area contributed by atoms with E-state index in [-0.39, 0.29) is 11.3 Å². The number of aromatic nitrogens is 1. The van der Waals surface area contributed by atoms with Crippen LogP contribution >= 0.6 is 11.8 Å². The Bertz CT molecular complexity index is 538. The van der Waals surface area contributed by atoms with E-state index in [1.807, 2.05) is 24.0 Å². The summed E-state index contributed by atoms with van der Waals surface area (Å²) >= 11 is 1.83. The van der Waals surface area contributed by atoms with Crippen LogP contribution in [0.5, 0.6) is 0 Å². The first-order chi connectivity index (χ1) is 9.08. The molecule has 2 unspecified atom stereocenters. The maximum absolute atomic E-state index is 6.16. The van der Waals surface area contributed by atoms with Crippen molar-refractivity contribution in [2.75, 3.05) is 0 Å². The highest BCUT2D eigenvalue weighted by molar-refractivity contribution is 7.99. The summed E-state index contributed by atoms with van der Waals surface area (Å²) in [6.45, 7) is 6.31. The van der Waals surface area contributed by atoms with Gasteiger partial charge in [-0.3, -0.25) is 4.98 Å². The molecule has 1 aromatic heterocycles. The van der Waals surface area contributed by atoms with Crippen LogP contribution in [0.15, 0.2) is 47.6 Å². The molecule has 2 atom stereocenters. The predicted octanol–water partition coefficient (Wildman–Crippen LogP) is 3.88. The number of nitrogens with zero attached hydrogens (tertiary/aromatic N) is 1. The standard InChI is InChI=1S/C16H20N2S/c1-11-6-7-12(2)15(9-11)19-16(13(3)17)14-5-4-8-18-10-14/h4-10,13,16H,17H2,1-3H3. The van der Waals surface area contributed by atoms with Gasteiger partial charge in [-0.15, -0.1) is 11.8 Å². The second kappa shape index (κ2) is 6.22. The van der Waals surface area contributed by atoms with Crippen LogP contribution in [0.25, 0.3) is 0 Å². The Morgan fingerprint density at radius 3 is 2.63 bits per heavy atom. The van der Waals surface area contributed by atoms with E-state index in [2.05, 4.69) is 50.0 Å². The van der Waals surface area contributed by atoms with Gasteiger partial charge in [-0.25, -0.2) is 0 Å². The van der Waals surface area contributed by atoms with E-state index in [1.165, 1.54) is 21.6 Å². The molecule has 2 aromatic rings. The highest BCUT2D eigenvalue weighted by Crippen LogP contribution is 2.38. The van der Waals surface area contributed by atoms with Crippen LogP contribution in [0, 0.1) is 13.8 Å². The fourth-order valence-corrected chi connectivity index (χ4v) is 3.27. The third kappa shape index (κ3) is 3.58. The molecule has 2 nitrogen and oxygen atoms in total. The Labute approximate surface area is 119 Å². The molecular weight excluding hydrogens is 252 g/mol. The Kier molecular flexibility index (Phi) is 4.61. The minimum Gasteiger partial charge on any atom is -0.327 e. The van der Waals surface area contributed by atoms with E-state index in [9.17, 15) is 0 Å². The van der Waals surface area contributed by atoms with Crippen LogP contribution < -0.4 is 5.73 Å². The number of thioether (sulfide) groups is 1. The van der Waals surface area contributed by atoms with Crippen molar-refractivity contribution >= 4 is 11.8 Å². The highest BCUT2D eigenvalue weighted by atomic mass is 32.2. The Morgan fingerprint density at radius 2 is 2.00 bits per heavy atom. The summed E-state index contributed by atoms with van der Waals surface area (Å²) < 4.78 is 0. The molecule has 0 aliphatic rings. The third-order valence-corrected chi connectivity index (χ3v) is 4.74. The van der Waals surface area contributed by atoms with Crippen molar-refractivity contribution in [3.8, 4) is 0 Å². The second-order valence-corrected chi connectivity index (χ2v) is 6.14. The number of pyridine rings is 1. The zero-order valence-electron chi connectivity index (χ0n) is 11.6. The van der Waals surface area contributed by atoms with Crippen LogP contribution in [-0.4, -0.2) is 11.0 Å². The Hall–Kier alpha value is -1.32. The number of aryl methyl sites for hydroxylation is 2. The summed E-state index contributed by atoms with van der Waals surface area (Å²) in [7, 11) is 0. The summed E-state index contributed by atoms with van der Waals surface area (Å²) in [6.07, 6.45) is 3.70. The van der Waals surface area contributed by atoms with Crippen LogP contribution in [0.3, 0.4) is 0 Å². The molecule has 0 radical (unpaired) electrons. The van der Waals surface area contributed by atoms with Crippen molar-refractivity contribution < 1.29 is 0 Å². The van der Waals surface area contributed by atoms with Crippen LogP contribution in [-0.2, 0) is 0 Å². The number of nitrogens with two attached hydrogens (primary N) is 1. The molecule has 2 N–H and O–H groups in total. The number of hydrogen-bond donors (Lipinski definition) is 1. The first kappa shape index (κ1) is 14.1. The van der Waals surface area contributed by atoms with Crippen molar-refractivity contribution in [2.24, 2.45) is 5.73 Å². The molecule has 0 amide bonds. The molecule has 0 spiro atoms. The van der Waals surface area contributed by atoms with Gasteiger partial charge in [-0.05, 0) is 44.0 Å². The summed E-state index contributed by atoms with van der Waals surface area (Å²) in [5, 5.41) is 0.231. The minimum absolute atomic E-state index is 0.0779. The molecule has 3 heteroatoms. The highest BCUT2D eigenvalue weighted by Gasteiger charge is 2.18. The quantitative estimate of drug-likeness (QED) is 0.858. The van der Waals surface area contributed by atoms with Crippen molar-refractivity contribution in [3.63, 3.8) is 0 Å². The van der Waals surface area contributed by atoms with Crippen molar-refractivity contribution in [1.82, 2.24) is 4.98 Å². The van der Waals surface area contributed by atoms with Crippen molar-refractivity contribution in [3.05, 3.63) is 59.4 Å². The van der Waals surface area contributed by atoms with Crippen LogP contribution in [0.2, 0.25) is 0 Å². The van der Waals surface area contributed by atoms with E-state index in [0.29, 0.717) is 0 Å². The fraction of sp³-hybridized carbons (Fsp3) is 0.312. The first-order valence-corrected chi connectivity index (χ1v) is 7.35. The fourth-order valence-electron chi connectivity index (χ4n) is 1.99. The van der Waals surface area contributed by atoms with Gasteiger partial charge in [-0.2, -0.15) is 0 Å². The normalized spacial score (nSPS) is 14.1. The van der Waals surface area contributed by atoms with Crippen molar-refractivity contribution in [1.29, 1.82) is 0 Å². The minimum atomic E-state index is 0.0779. The zero-order valence-corrected chi connectivity index (χ0v) is 12.4. The predicted molar refractivity (Wildman–Crippen MR) is 82.4 cm³/mol. The van der Waals surface area contributed by atoms with Gasteiger partial charge >= 0.3 is 0 Å². The van der Waals surface area contributed by atoms with Gasteiger partial charge in [0.1, 0.15) is 0 Å². The van der Waals surface area contributed by atoms with E-state index in [4.69, 9.17) is 5.73 Å². The molecule has 19 heavy (non-hydrogen) atoms. The average Bonchev–Trinajstić information content (AvgIpc) is 2.40. The molecule has 0 aliphatic carbocycles. The SMILES string of the molecule is Cc1ccc(C)c(SC(c2cccnc2)C(C)N)c1. The maximum Gasteiger partial charge on any atom is 0.0508 e. The summed E-state index contributed by atoms with van der Waals surface area (Å²) in [6, 6.07) is 10.7. The van der Waals surface area contributed by atoms with Gasteiger partial charge in [0.15, 0.2) is 0 Å². The Balaban J connectivity index is 2.29. The summed E-state index contributed by atoms with van der Waals surface area (Å²) in [4.78, 5) is 5.50. The zero-order chi connectivity index (χ0) is 13.8. The van der Waals surface area contributed by atoms with Gasteiger partial charge < -0.3 is 5.73 Å². The van der Waals surface area contributed by atoms with Crippen LogP contribution in [0.4, 0.5) is 0 Å². The molecule has 0 bridgehead atoms. The lowest BCUT2D eigenvalue weighted by Crippen LogP contribution is -2.22. The van der Waals surface area contributed by atoms with E-state index in [0.717, 1.165) is 0 Å². The van der Waals surface area contributed by atoms with E-state index < -0.39 is 0 Å². The second-order valence-electron chi connectivity index (χ2n) is 4.95. The number of benzene rings is 1. The molecule has 1 aromatic carbocycles. The van der Waals surface area contributed by atoms with Gasteiger partial charge in [0.25, 0.3) is 0 Å². The first-order valence-electron chi connectivity index (χ1n) is 6.47. The molecule has 100 valence electrons. The lowest BCUT2D eigenvalue weighted by molar-refractivity contribution is 0.719. The monoisotopic (exact) mass is 272 g/mol. The number of hydrogen-bond acceptors (Lipinski definition) is 3. The van der Waals surface area contributed by atoms with Crippen LogP contribution in [0.1, 0.15) is 28.9 Å². The molecule has 0 saturated heterocycles. The van der Waals surface area contributed by atoms with E-state index >= 15 is 0 Å². The van der Waals surface area contributed by atoms with Crippen molar-refractivity contribution in [2.45, 2.75) is 37.0 Å². The molecule has 0 fully saturated rings. The molecule has 0 saturated carbocycles. The topological polar surface area (TPSA) is 38.9 Å². The lowest BCUT2D eigenvalue weighted by atomic mass is 10.1. The number of rotatable bonds is 4. The largest absolute Gasteiger partial charge is 0.327 e. The smallest absolute Gasteiger partial charge is 0.0508 e. The average molecular weight is 272 g/mol. The van der Waals surface area contributed by atoms with Gasteiger partial charge in [0.05, 0.1) is 5.25 Å². The molecule has 2 rings (SSSR count). The van der Waals surface area contributed by atoms with Gasteiger partial charge in [-0.1, -0.05) is 23.8 Å². The maximum atomic E-state index is 6.16. The lowest BCUT2D eigenvalue weighted by Gasteiger charge is -2.21. The van der Waals surface area contributed by atoms with E-state index in [1.54, 1.807) is 6.20 Å². The van der Waals surface area contributed by atoms with Gasteiger partial charge in [0, 0.05) is 23.3 Å². The molecule has 1 heterocycles. The molecule has 0 aliphatic heterocycles. The molecular formula is C16H20N2S. The Morgan fingerprint density at radius 1 is 1.21 bits per heavy atom. The summed E-state index contributed by atoms with van der Waals surface area (Å²) in [5.41, 5.74) is 9.92. The van der Waals surface area contributed by atoms with Gasteiger partial charge in [0.2, 0.25) is 0 Å². The summed E-state index contributed by atoms with van der Waals surface area (Å²) in [5.74, 6) is 0. The third-order valence-electron chi connectivity index (χ3n) is 3.09.